The first-order chi connectivity index (χ1) is 18.5. The normalized spacial score (nSPS) is 21.2. The Labute approximate surface area is 226 Å². The quantitative estimate of drug-likeness (QED) is 0.399. The van der Waals surface area contributed by atoms with Gasteiger partial charge in [0.2, 0.25) is 5.91 Å². The Bertz CT molecular complexity index is 1250. The molecule has 6 heteroatoms. The first-order valence-corrected chi connectivity index (χ1v) is 14.2. The van der Waals surface area contributed by atoms with Crippen LogP contribution in [0.3, 0.4) is 0 Å². The number of nitrogens with zero attached hydrogens (tertiary/aromatic N) is 4. The summed E-state index contributed by atoms with van der Waals surface area (Å²) in [5.74, 6) is 1.47. The maximum Gasteiger partial charge on any atom is 0.230 e. The van der Waals surface area contributed by atoms with E-state index in [-0.39, 0.29) is 17.9 Å². The number of amides is 1. The zero-order valence-electron chi connectivity index (χ0n) is 23.0. The number of hydrogen-bond donors (Lipinski definition) is 0. The Morgan fingerprint density at radius 2 is 2.03 bits per heavy atom. The molecule has 0 saturated heterocycles. The second-order valence-corrected chi connectivity index (χ2v) is 10.8. The largest absolute Gasteiger partial charge is 0.489 e. The van der Waals surface area contributed by atoms with E-state index in [4.69, 9.17) is 9.73 Å². The topological polar surface area (TPSA) is 59.7 Å². The first-order valence-electron chi connectivity index (χ1n) is 14.2. The molecule has 1 aromatic carbocycles. The molecule has 0 fully saturated rings. The third-order valence-electron chi connectivity index (χ3n) is 7.89. The van der Waals surface area contributed by atoms with E-state index < -0.39 is 0 Å². The number of carbonyl (C=O) groups excluding carboxylic acids is 1. The summed E-state index contributed by atoms with van der Waals surface area (Å²) in [4.78, 5) is 21.3. The van der Waals surface area contributed by atoms with Gasteiger partial charge in [-0.2, -0.15) is 5.10 Å². The van der Waals surface area contributed by atoms with E-state index in [0.29, 0.717) is 25.6 Å². The number of allylic oxidation sites excluding steroid dienone is 3. The van der Waals surface area contributed by atoms with Gasteiger partial charge in [-0.05, 0) is 68.2 Å². The minimum Gasteiger partial charge on any atom is -0.489 e. The van der Waals surface area contributed by atoms with Crippen LogP contribution in [0, 0.1) is 11.8 Å². The first kappa shape index (κ1) is 26.2. The number of rotatable bonds is 9. The molecule has 1 aromatic heterocycles. The molecule has 3 aliphatic rings. The Balaban J connectivity index is 1.38. The number of carbonyl (C=O) groups is 1. The molecule has 2 heterocycles. The van der Waals surface area contributed by atoms with Gasteiger partial charge < -0.3 is 9.64 Å². The Hall–Kier alpha value is -3.41. The number of aryl methyl sites for hydroxylation is 1. The molecule has 0 spiro atoms. The molecule has 0 N–H and O–H groups in total. The van der Waals surface area contributed by atoms with Crippen LogP contribution in [0.2, 0.25) is 0 Å². The molecule has 0 bridgehead atoms. The fraction of sp³-hybridized carbons (Fsp3) is 0.469. The van der Waals surface area contributed by atoms with Crippen LogP contribution in [0.25, 0.3) is 0 Å². The Morgan fingerprint density at radius 1 is 1.18 bits per heavy atom. The van der Waals surface area contributed by atoms with Gasteiger partial charge in [0.1, 0.15) is 12.4 Å². The molecule has 5 rings (SSSR count). The lowest BCUT2D eigenvalue weighted by Crippen LogP contribution is -2.45. The van der Waals surface area contributed by atoms with Gasteiger partial charge in [-0.25, -0.2) is 0 Å². The van der Waals surface area contributed by atoms with Crippen LogP contribution in [0.5, 0.6) is 0 Å². The van der Waals surface area contributed by atoms with Crippen molar-refractivity contribution in [1.29, 1.82) is 0 Å². The van der Waals surface area contributed by atoms with Gasteiger partial charge in [0.15, 0.2) is 0 Å². The average molecular weight is 513 g/mol. The van der Waals surface area contributed by atoms with Crippen LogP contribution in [0.4, 0.5) is 0 Å². The Morgan fingerprint density at radius 3 is 2.74 bits per heavy atom. The highest BCUT2D eigenvalue weighted by Crippen LogP contribution is 2.41. The third kappa shape index (κ3) is 5.85. The highest BCUT2D eigenvalue weighted by molar-refractivity contribution is 5.97. The van der Waals surface area contributed by atoms with Crippen molar-refractivity contribution in [2.24, 2.45) is 16.8 Å². The fourth-order valence-electron chi connectivity index (χ4n) is 5.79. The van der Waals surface area contributed by atoms with Gasteiger partial charge in [-0.15, -0.1) is 0 Å². The number of dihydropyridines is 1. The average Bonchev–Trinajstić information content (AvgIpc) is 3.42. The summed E-state index contributed by atoms with van der Waals surface area (Å²) >= 11 is 0. The molecule has 1 amide bonds. The lowest BCUT2D eigenvalue weighted by Gasteiger charge is -2.37. The SMILES string of the molecule is CCn1cc(CN(C(=O)[C@H]2CCCC3=C2CCC=C3OCc2ccccc2)C2C=CC(C(C)C)=NC2)cn1. The van der Waals surface area contributed by atoms with E-state index in [9.17, 15) is 4.79 Å². The lowest BCUT2D eigenvalue weighted by atomic mass is 9.76. The minimum absolute atomic E-state index is 0.0473. The van der Waals surface area contributed by atoms with Crippen LogP contribution in [0.15, 0.2) is 82.9 Å². The number of aliphatic imine (C=N–C) groups is 1. The van der Waals surface area contributed by atoms with Gasteiger partial charge in [-0.1, -0.05) is 55.8 Å². The number of aromatic nitrogens is 2. The van der Waals surface area contributed by atoms with Crippen LogP contribution < -0.4 is 0 Å². The molecule has 0 radical (unpaired) electrons. The zero-order chi connectivity index (χ0) is 26.5. The van der Waals surface area contributed by atoms with Crippen molar-refractivity contribution >= 4 is 11.6 Å². The highest BCUT2D eigenvalue weighted by atomic mass is 16.5. The molecule has 200 valence electrons. The summed E-state index contributed by atoms with van der Waals surface area (Å²) in [6.45, 7) is 8.93. The van der Waals surface area contributed by atoms with Gasteiger partial charge in [0, 0.05) is 30.6 Å². The number of hydrogen-bond acceptors (Lipinski definition) is 4. The molecule has 1 unspecified atom stereocenters. The van der Waals surface area contributed by atoms with Crippen LogP contribution in [0.1, 0.15) is 64.0 Å². The van der Waals surface area contributed by atoms with Crippen molar-refractivity contribution in [3.05, 3.63) is 89.0 Å². The maximum atomic E-state index is 14.4. The monoisotopic (exact) mass is 512 g/mol. The van der Waals surface area contributed by atoms with Crippen LogP contribution >= 0.6 is 0 Å². The number of ether oxygens (including phenoxy) is 1. The third-order valence-corrected chi connectivity index (χ3v) is 7.89. The van der Waals surface area contributed by atoms with E-state index in [1.807, 2.05) is 29.1 Å². The summed E-state index contributed by atoms with van der Waals surface area (Å²) in [5, 5.41) is 4.46. The predicted molar refractivity (Wildman–Crippen MR) is 151 cm³/mol. The van der Waals surface area contributed by atoms with Crippen LogP contribution in [-0.4, -0.2) is 38.9 Å². The second-order valence-electron chi connectivity index (χ2n) is 10.8. The summed E-state index contributed by atoms with van der Waals surface area (Å²) in [7, 11) is 0. The van der Waals surface area contributed by atoms with Crippen molar-refractivity contribution in [2.45, 2.75) is 78.6 Å². The van der Waals surface area contributed by atoms with E-state index in [2.05, 4.69) is 67.3 Å². The summed E-state index contributed by atoms with van der Waals surface area (Å²) in [6.07, 6.45) is 15.2. The molecule has 6 nitrogen and oxygen atoms in total. The molecule has 2 aromatic rings. The van der Waals surface area contributed by atoms with Crippen LogP contribution in [-0.2, 0) is 29.2 Å². The maximum absolute atomic E-state index is 14.4. The van der Waals surface area contributed by atoms with Crippen molar-refractivity contribution in [3.8, 4) is 0 Å². The van der Waals surface area contributed by atoms with Gasteiger partial charge >= 0.3 is 0 Å². The highest BCUT2D eigenvalue weighted by Gasteiger charge is 2.36. The molecule has 2 aliphatic carbocycles. The van der Waals surface area contributed by atoms with Crippen molar-refractivity contribution < 1.29 is 9.53 Å². The molecular formula is C32H40N4O2. The van der Waals surface area contributed by atoms with E-state index in [0.717, 1.165) is 61.2 Å². The Kier molecular flexibility index (Phi) is 8.26. The molecule has 38 heavy (non-hydrogen) atoms. The van der Waals surface area contributed by atoms with E-state index in [1.165, 1.54) is 11.1 Å². The molecule has 0 saturated carbocycles. The van der Waals surface area contributed by atoms with Gasteiger partial charge in [0.05, 0.1) is 24.7 Å². The fourth-order valence-corrected chi connectivity index (χ4v) is 5.79. The standard InChI is InChI=1S/C32H40N4O2/c1-4-35-20-25(18-34-35)21-36(26-16-17-30(23(2)3)33-19-26)32(37)29-14-8-13-28-27(29)12-9-15-31(28)38-22-24-10-6-5-7-11-24/h5-7,10-11,15-18,20,23,26,29H,4,8-9,12-14,19,21-22H2,1-3H3/t26?,29-/m0/s1. The molecular weight excluding hydrogens is 472 g/mol. The summed E-state index contributed by atoms with van der Waals surface area (Å²) in [5.41, 5.74) is 5.87. The van der Waals surface area contributed by atoms with E-state index in [1.54, 1.807) is 0 Å². The summed E-state index contributed by atoms with van der Waals surface area (Å²) < 4.78 is 8.25. The zero-order valence-corrected chi connectivity index (χ0v) is 23.0. The van der Waals surface area contributed by atoms with Gasteiger partial charge in [-0.3, -0.25) is 14.5 Å². The second kappa shape index (κ2) is 12.0. The van der Waals surface area contributed by atoms with Crippen molar-refractivity contribution in [1.82, 2.24) is 14.7 Å². The predicted octanol–water partition coefficient (Wildman–Crippen LogP) is 6.26. The molecule has 2 atom stereocenters. The molecule has 1 aliphatic heterocycles. The lowest BCUT2D eigenvalue weighted by molar-refractivity contribution is -0.136. The minimum atomic E-state index is -0.104. The smallest absolute Gasteiger partial charge is 0.230 e. The summed E-state index contributed by atoms with van der Waals surface area (Å²) in [6, 6.07) is 10.2. The van der Waals surface area contributed by atoms with Gasteiger partial charge in [0.25, 0.3) is 0 Å². The van der Waals surface area contributed by atoms with Crippen molar-refractivity contribution in [2.75, 3.05) is 6.54 Å². The number of benzene rings is 1. The van der Waals surface area contributed by atoms with E-state index >= 15 is 0 Å². The van der Waals surface area contributed by atoms with Crippen molar-refractivity contribution in [3.63, 3.8) is 0 Å².